The van der Waals surface area contributed by atoms with Crippen molar-refractivity contribution in [1.82, 2.24) is 4.98 Å². The number of halogens is 1. The zero-order valence-electron chi connectivity index (χ0n) is 12.8. The number of benzene rings is 3. The van der Waals surface area contributed by atoms with E-state index in [0.29, 0.717) is 11.6 Å². The molecule has 0 unspecified atom stereocenters. The largest absolute Gasteiger partial charge is 0.489 e. The zero-order chi connectivity index (χ0) is 16.4. The molecule has 2 nitrogen and oxygen atoms in total. The number of aromatic nitrogens is 1. The Balaban J connectivity index is 1.55. The Morgan fingerprint density at radius 1 is 0.917 bits per heavy atom. The lowest BCUT2D eigenvalue weighted by atomic mass is 10.1. The summed E-state index contributed by atoms with van der Waals surface area (Å²) in [6.45, 7) is 0.514. The fraction of sp³-hybridized carbons (Fsp3) is 0.0500. The molecule has 0 bridgehead atoms. The second-order valence-electron chi connectivity index (χ2n) is 5.43. The number of fused-ring (bicyclic) bond motifs is 1. The van der Waals surface area contributed by atoms with Crippen molar-refractivity contribution in [2.45, 2.75) is 6.61 Å². The summed E-state index contributed by atoms with van der Waals surface area (Å²) < 4.78 is 7.03. The van der Waals surface area contributed by atoms with E-state index >= 15 is 0 Å². The summed E-state index contributed by atoms with van der Waals surface area (Å²) in [5.41, 5.74) is 3.27. The van der Waals surface area contributed by atoms with Crippen LogP contribution in [0.25, 0.3) is 20.8 Å². The second kappa shape index (κ2) is 6.63. The van der Waals surface area contributed by atoms with Crippen LogP contribution in [0, 0.1) is 0 Å². The molecule has 0 aliphatic rings. The van der Waals surface area contributed by atoms with Crippen LogP contribution < -0.4 is 4.74 Å². The molecular formula is C20H14ClNOS. The van der Waals surface area contributed by atoms with Gasteiger partial charge in [0.2, 0.25) is 0 Å². The van der Waals surface area contributed by atoms with E-state index in [1.165, 1.54) is 4.70 Å². The van der Waals surface area contributed by atoms with Gasteiger partial charge in [-0.05, 0) is 48.0 Å². The van der Waals surface area contributed by atoms with Gasteiger partial charge in [0.1, 0.15) is 17.4 Å². The molecule has 0 fully saturated rings. The molecule has 0 N–H and O–H groups in total. The lowest BCUT2D eigenvalue weighted by Gasteiger charge is -2.07. The second-order valence-corrected chi connectivity index (χ2v) is 6.90. The van der Waals surface area contributed by atoms with E-state index in [1.807, 2.05) is 48.5 Å². The lowest BCUT2D eigenvalue weighted by Crippen LogP contribution is -1.95. The number of hydrogen-bond acceptors (Lipinski definition) is 3. The van der Waals surface area contributed by atoms with Crippen molar-refractivity contribution in [1.29, 1.82) is 0 Å². The van der Waals surface area contributed by atoms with Crippen molar-refractivity contribution >= 4 is 33.2 Å². The molecule has 4 aromatic rings. The standard InChI is InChI=1S/C20H14ClNOS/c21-16-8-10-17(11-9-16)23-13-14-4-3-5-15(12-14)20-22-18-6-1-2-7-19(18)24-20/h1-12H,13H2. The monoisotopic (exact) mass is 351 g/mol. The Labute approximate surface area is 149 Å². The molecule has 4 heteroatoms. The fourth-order valence-electron chi connectivity index (χ4n) is 2.49. The lowest BCUT2D eigenvalue weighted by molar-refractivity contribution is 0.306. The van der Waals surface area contributed by atoms with E-state index in [1.54, 1.807) is 11.3 Å². The minimum atomic E-state index is 0.514. The SMILES string of the molecule is Clc1ccc(OCc2cccc(-c3nc4ccccc4s3)c2)cc1. The van der Waals surface area contributed by atoms with E-state index < -0.39 is 0 Å². The number of rotatable bonds is 4. The Kier molecular flexibility index (Phi) is 4.20. The molecule has 4 rings (SSSR count). The Hall–Kier alpha value is -2.36. The van der Waals surface area contributed by atoms with Gasteiger partial charge < -0.3 is 4.74 Å². The molecule has 0 saturated heterocycles. The van der Waals surface area contributed by atoms with Gasteiger partial charge in [-0.2, -0.15) is 0 Å². The van der Waals surface area contributed by atoms with Crippen LogP contribution in [0.15, 0.2) is 72.8 Å². The Morgan fingerprint density at radius 2 is 1.75 bits per heavy atom. The first-order valence-corrected chi connectivity index (χ1v) is 8.81. The van der Waals surface area contributed by atoms with E-state index in [2.05, 4.69) is 24.3 Å². The highest BCUT2D eigenvalue weighted by molar-refractivity contribution is 7.21. The summed E-state index contributed by atoms with van der Waals surface area (Å²) in [4.78, 5) is 4.72. The molecule has 0 amide bonds. The summed E-state index contributed by atoms with van der Waals surface area (Å²) in [6, 6.07) is 23.9. The minimum Gasteiger partial charge on any atom is -0.489 e. The molecule has 0 radical (unpaired) electrons. The molecule has 118 valence electrons. The maximum atomic E-state index is 5.89. The Morgan fingerprint density at radius 3 is 2.58 bits per heavy atom. The van der Waals surface area contributed by atoms with Gasteiger partial charge in [0.15, 0.2) is 0 Å². The minimum absolute atomic E-state index is 0.514. The van der Waals surface area contributed by atoms with Crippen LogP contribution in [-0.4, -0.2) is 4.98 Å². The third-order valence-electron chi connectivity index (χ3n) is 3.69. The van der Waals surface area contributed by atoms with E-state index in [9.17, 15) is 0 Å². The number of ether oxygens (including phenoxy) is 1. The van der Waals surface area contributed by atoms with Crippen LogP contribution in [0.3, 0.4) is 0 Å². The van der Waals surface area contributed by atoms with Crippen molar-refractivity contribution in [3.05, 3.63) is 83.4 Å². The highest BCUT2D eigenvalue weighted by Crippen LogP contribution is 2.30. The van der Waals surface area contributed by atoms with Gasteiger partial charge in [-0.25, -0.2) is 4.98 Å². The summed E-state index contributed by atoms with van der Waals surface area (Å²) in [7, 11) is 0. The van der Waals surface area contributed by atoms with Crippen LogP contribution in [-0.2, 0) is 6.61 Å². The molecular weight excluding hydrogens is 338 g/mol. The first-order chi connectivity index (χ1) is 11.8. The van der Waals surface area contributed by atoms with Gasteiger partial charge in [-0.15, -0.1) is 11.3 Å². The average molecular weight is 352 g/mol. The fourth-order valence-corrected chi connectivity index (χ4v) is 3.58. The van der Waals surface area contributed by atoms with Crippen LogP contribution in [0.2, 0.25) is 5.02 Å². The number of hydrogen-bond donors (Lipinski definition) is 0. The van der Waals surface area contributed by atoms with E-state index in [-0.39, 0.29) is 0 Å². The molecule has 0 spiro atoms. The predicted octanol–water partition coefficient (Wildman–Crippen LogP) is 6.20. The van der Waals surface area contributed by atoms with Crippen molar-refractivity contribution in [2.75, 3.05) is 0 Å². The first-order valence-electron chi connectivity index (χ1n) is 7.61. The topological polar surface area (TPSA) is 22.1 Å². The summed E-state index contributed by atoms with van der Waals surface area (Å²) >= 11 is 7.60. The Bertz CT molecular complexity index is 945. The number of thiazole rings is 1. The summed E-state index contributed by atoms with van der Waals surface area (Å²) in [5, 5.41) is 1.74. The third-order valence-corrected chi connectivity index (χ3v) is 5.02. The molecule has 0 aliphatic heterocycles. The van der Waals surface area contributed by atoms with E-state index in [4.69, 9.17) is 21.3 Å². The van der Waals surface area contributed by atoms with Crippen LogP contribution in [0.5, 0.6) is 5.75 Å². The maximum Gasteiger partial charge on any atom is 0.124 e. The normalized spacial score (nSPS) is 10.9. The summed E-state index contributed by atoms with van der Waals surface area (Å²) in [5.74, 6) is 0.810. The van der Waals surface area contributed by atoms with Crippen molar-refractivity contribution in [3.63, 3.8) is 0 Å². The molecule has 1 aromatic heterocycles. The molecule has 0 atom stereocenters. The van der Waals surface area contributed by atoms with Crippen molar-refractivity contribution in [3.8, 4) is 16.3 Å². The van der Waals surface area contributed by atoms with E-state index in [0.717, 1.165) is 27.4 Å². The zero-order valence-corrected chi connectivity index (χ0v) is 14.3. The quantitative estimate of drug-likeness (QED) is 0.437. The number of para-hydroxylation sites is 1. The van der Waals surface area contributed by atoms with Gasteiger partial charge in [-0.3, -0.25) is 0 Å². The maximum absolute atomic E-state index is 5.89. The molecule has 0 aliphatic carbocycles. The van der Waals surface area contributed by atoms with Gasteiger partial charge >= 0.3 is 0 Å². The first kappa shape index (κ1) is 15.2. The average Bonchev–Trinajstić information content (AvgIpc) is 3.06. The van der Waals surface area contributed by atoms with Crippen LogP contribution in [0.1, 0.15) is 5.56 Å². The molecule has 0 saturated carbocycles. The van der Waals surface area contributed by atoms with Gasteiger partial charge in [0.25, 0.3) is 0 Å². The predicted molar refractivity (Wildman–Crippen MR) is 101 cm³/mol. The van der Waals surface area contributed by atoms with Gasteiger partial charge in [0.05, 0.1) is 10.2 Å². The highest BCUT2D eigenvalue weighted by atomic mass is 35.5. The molecule has 3 aromatic carbocycles. The summed E-state index contributed by atoms with van der Waals surface area (Å²) in [6.07, 6.45) is 0. The van der Waals surface area contributed by atoms with Crippen molar-refractivity contribution in [2.24, 2.45) is 0 Å². The number of nitrogens with zero attached hydrogens (tertiary/aromatic N) is 1. The highest BCUT2D eigenvalue weighted by Gasteiger charge is 2.06. The molecule has 1 heterocycles. The van der Waals surface area contributed by atoms with Gasteiger partial charge in [0, 0.05) is 10.6 Å². The third kappa shape index (κ3) is 3.28. The van der Waals surface area contributed by atoms with Crippen LogP contribution in [0.4, 0.5) is 0 Å². The van der Waals surface area contributed by atoms with Gasteiger partial charge in [-0.1, -0.05) is 41.9 Å². The smallest absolute Gasteiger partial charge is 0.124 e. The van der Waals surface area contributed by atoms with Crippen LogP contribution >= 0.6 is 22.9 Å². The van der Waals surface area contributed by atoms with Crippen molar-refractivity contribution < 1.29 is 4.74 Å². The molecule has 24 heavy (non-hydrogen) atoms.